The van der Waals surface area contributed by atoms with Gasteiger partial charge < -0.3 is 14.4 Å². The Morgan fingerprint density at radius 2 is 1.73 bits per heavy atom. The highest BCUT2D eigenvalue weighted by Gasteiger charge is 2.15. The summed E-state index contributed by atoms with van der Waals surface area (Å²) in [6.07, 6.45) is 0. The summed E-state index contributed by atoms with van der Waals surface area (Å²) in [6, 6.07) is 14.0. The van der Waals surface area contributed by atoms with E-state index in [4.69, 9.17) is 9.47 Å². The highest BCUT2D eigenvalue weighted by Crippen LogP contribution is 2.27. The van der Waals surface area contributed by atoms with Crippen molar-refractivity contribution in [1.82, 2.24) is 0 Å². The fraction of sp³-hybridized carbons (Fsp3) is 0.250. The van der Waals surface area contributed by atoms with Gasteiger partial charge in [-0.2, -0.15) is 0 Å². The van der Waals surface area contributed by atoms with Crippen LogP contribution in [0.5, 0.6) is 11.5 Å². The smallest absolute Gasteiger partial charge is 0.292 e. The summed E-state index contributed by atoms with van der Waals surface area (Å²) in [5, 5.41) is 11.0. The number of rotatable bonds is 7. The number of nitro groups is 1. The molecular weight excluding hydrogens is 284 g/mol. The molecule has 2 aromatic carbocycles. The first-order valence-corrected chi connectivity index (χ1v) is 6.84. The molecule has 0 saturated heterocycles. The second kappa shape index (κ2) is 7.31. The van der Waals surface area contributed by atoms with E-state index >= 15 is 0 Å². The van der Waals surface area contributed by atoms with Crippen molar-refractivity contribution in [2.45, 2.75) is 0 Å². The molecule has 0 unspecified atom stereocenters. The van der Waals surface area contributed by atoms with Crippen molar-refractivity contribution >= 4 is 11.4 Å². The molecule has 0 heterocycles. The second-order valence-electron chi connectivity index (χ2n) is 4.67. The van der Waals surface area contributed by atoms with E-state index in [2.05, 4.69) is 0 Å². The van der Waals surface area contributed by atoms with E-state index in [1.165, 1.54) is 6.07 Å². The maximum absolute atomic E-state index is 11.0. The predicted molar refractivity (Wildman–Crippen MR) is 84.9 cm³/mol. The van der Waals surface area contributed by atoms with Gasteiger partial charge in [-0.05, 0) is 18.2 Å². The first-order valence-electron chi connectivity index (χ1n) is 6.84. The molecule has 0 radical (unpaired) electrons. The number of likely N-dealkylation sites (N-methyl/N-ethyl adjacent to an activating group) is 1. The normalized spacial score (nSPS) is 10.1. The molecule has 116 valence electrons. The summed E-state index contributed by atoms with van der Waals surface area (Å²) in [7, 11) is 3.38. The molecule has 0 atom stereocenters. The van der Waals surface area contributed by atoms with Crippen LogP contribution in [0.25, 0.3) is 0 Å². The van der Waals surface area contributed by atoms with Crippen LogP contribution in [0.1, 0.15) is 0 Å². The van der Waals surface area contributed by atoms with Crippen molar-refractivity contribution in [1.29, 1.82) is 0 Å². The lowest BCUT2D eigenvalue weighted by Gasteiger charge is -2.19. The van der Waals surface area contributed by atoms with Gasteiger partial charge >= 0.3 is 0 Å². The van der Waals surface area contributed by atoms with Gasteiger partial charge in [0.15, 0.2) is 11.5 Å². The van der Waals surface area contributed by atoms with Crippen LogP contribution in [0.4, 0.5) is 11.4 Å². The lowest BCUT2D eigenvalue weighted by molar-refractivity contribution is -0.384. The number of hydrogen-bond donors (Lipinski definition) is 0. The molecule has 22 heavy (non-hydrogen) atoms. The van der Waals surface area contributed by atoms with E-state index in [1.54, 1.807) is 37.3 Å². The fourth-order valence-corrected chi connectivity index (χ4v) is 2.09. The van der Waals surface area contributed by atoms with Gasteiger partial charge in [0, 0.05) is 13.1 Å². The zero-order valence-corrected chi connectivity index (χ0v) is 12.6. The minimum atomic E-state index is -0.382. The van der Waals surface area contributed by atoms with Gasteiger partial charge in [-0.15, -0.1) is 0 Å². The number of methoxy groups -OCH3 is 1. The largest absolute Gasteiger partial charge is 0.493 e. The number of nitro benzene ring substituents is 1. The van der Waals surface area contributed by atoms with Crippen LogP contribution < -0.4 is 14.4 Å². The molecular formula is C16H18N2O4. The lowest BCUT2D eigenvalue weighted by atomic mass is 10.2. The molecule has 0 aliphatic rings. The molecule has 6 nitrogen and oxygen atoms in total. The van der Waals surface area contributed by atoms with Crippen molar-refractivity contribution in [3.05, 3.63) is 58.6 Å². The topological polar surface area (TPSA) is 64.8 Å². The molecule has 6 heteroatoms. The minimum Gasteiger partial charge on any atom is -0.493 e. The molecule has 0 bridgehead atoms. The number of anilines is 1. The number of para-hydroxylation sites is 4. The highest BCUT2D eigenvalue weighted by molar-refractivity contribution is 5.62. The number of hydrogen-bond acceptors (Lipinski definition) is 5. The molecule has 0 aromatic heterocycles. The average molecular weight is 302 g/mol. The Morgan fingerprint density at radius 1 is 1.09 bits per heavy atom. The predicted octanol–water partition coefficient (Wildman–Crippen LogP) is 3.12. The summed E-state index contributed by atoms with van der Waals surface area (Å²) < 4.78 is 10.9. The van der Waals surface area contributed by atoms with Gasteiger partial charge in [0.25, 0.3) is 5.69 Å². The van der Waals surface area contributed by atoms with E-state index in [-0.39, 0.29) is 10.6 Å². The third-order valence-corrected chi connectivity index (χ3v) is 3.24. The number of nitrogens with zero attached hydrogens (tertiary/aromatic N) is 2. The summed E-state index contributed by atoms with van der Waals surface area (Å²) >= 11 is 0. The van der Waals surface area contributed by atoms with Gasteiger partial charge in [0.1, 0.15) is 12.3 Å². The van der Waals surface area contributed by atoms with Crippen LogP contribution in [0, 0.1) is 10.1 Å². The first kappa shape index (κ1) is 15.6. The SMILES string of the molecule is COc1ccccc1OCCN(C)c1ccccc1[N+](=O)[O-]. The van der Waals surface area contributed by atoms with Crippen LogP contribution >= 0.6 is 0 Å². The first-order chi connectivity index (χ1) is 10.6. The molecule has 0 saturated carbocycles. The molecule has 0 spiro atoms. The van der Waals surface area contributed by atoms with Gasteiger partial charge in [-0.1, -0.05) is 24.3 Å². The molecule has 0 fully saturated rings. The standard InChI is InChI=1S/C16H18N2O4/c1-17(13-7-3-4-8-14(13)18(19)20)11-12-22-16-10-6-5-9-15(16)21-2/h3-10H,11-12H2,1-2H3. The van der Waals surface area contributed by atoms with Crippen molar-refractivity contribution in [3.8, 4) is 11.5 Å². The van der Waals surface area contributed by atoms with E-state index in [1.807, 2.05) is 24.3 Å². The third kappa shape index (κ3) is 3.66. The molecule has 2 rings (SSSR count). The van der Waals surface area contributed by atoms with Gasteiger partial charge in [0.2, 0.25) is 0 Å². The van der Waals surface area contributed by atoms with Crippen LogP contribution in [-0.4, -0.2) is 32.2 Å². The van der Waals surface area contributed by atoms with E-state index in [0.29, 0.717) is 30.3 Å². The van der Waals surface area contributed by atoms with Gasteiger partial charge in [-0.3, -0.25) is 10.1 Å². The Kier molecular flexibility index (Phi) is 5.19. The molecule has 0 amide bonds. The van der Waals surface area contributed by atoms with Crippen LogP contribution in [0.2, 0.25) is 0 Å². The molecule has 0 aliphatic heterocycles. The highest BCUT2D eigenvalue weighted by atomic mass is 16.6. The van der Waals surface area contributed by atoms with Gasteiger partial charge in [0.05, 0.1) is 18.6 Å². The fourth-order valence-electron chi connectivity index (χ4n) is 2.09. The van der Waals surface area contributed by atoms with E-state index < -0.39 is 0 Å². The summed E-state index contributed by atoms with van der Waals surface area (Å²) in [6.45, 7) is 0.909. The molecule has 0 N–H and O–H groups in total. The summed E-state index contributed by atoms with van der Waals surface area (Å²) in [5.41, 5.74) is 0.651. The Labute approximate surface area is 129 Å². The Bertz CT molecular complexity index is 646. The second-order valence-corrected chi connectivity index (χ2v) is 4.67. The summed E-state index contributed by atoms with van der Waals surface area (Å²) in [4.78, 5) is 12.5. The van der Waals surface area contributed by atoms with Crippen LogP contribution in [0.15, 0.2) is 48.5 Å². The third-order valence-electron chi connectivity index (χ3n) is 3.24. The van der Waals surface area contributed by atoms with Crippen molar-refractivity contribution in [2.75, 3.05) is 32.2 Å². The molecule has 0 aliphatic carbocycles. The van der Waals surface area contributed by atoms with E-state index in [9.17, 15) is 10.1 Å². The Hall–Kier alpha value is -2.76. The van der Waals surface area contributed by atoms with Crippen molar-refractivity contribution < 1.29 is 14.4 Å². The van der Waals surface area contributed by atoms with Crippen LogP contribution in [0.3, 0.4) is 0 Å². The molecule has 2 aromatic rings. The number of ether oxygens (including phenoxy) is 2. The van der Waals surface area contributed by atoms with Crippen LogP contribution in [-0.2, 0) is 0 Å². The Balaban J connectivity index is 1.99. The van der Waals surface area contributed by atoms with Crippen molar-refractivity contribution in [3.63, 3.8) is 0 Å². The monoisotopic (exact) mass is 302 g/mol. The zero-order chi connectivity index (χ0) is 15.9. The Morgan fingerprint density at radius 3 is 2.41 bits per heavy atom. The average Bonchev–Trinajstić information content (AvgIpc) is 2.55. The quantitative estimate of drug-likeness (QED) is 0.581. The zero-order valence-electron chi connectivity index (χ0n) is 12.6. The minimum absolute atomic E-state index is 0.0855. The maximum Gasteiger partial charge on any atom is 0.292 e. The maximum atomic E-state index is 11.0. The number of benzene rings is 2. The van der Waals surface area contributed by atoms with Crippen molar-refractivity contribution in [2.24, 2.45) is 0 Å². The van der Waals surface area contributed by atoms with Gasteiger partial charge in [-0.25, -0.2) is 0 Å². The lowest BCUT2D eigenvalue weighted by Crippen LogP contribution is -2.24. The summed E-state index contributed by atoms with van der Waals surface area (Å²) in [5.74, 6) is 1.32. The van der Waals surface area contributed by atoms with E-state index in [0.717, 1.165) is 0 Å².